The molecule has 0 heterocycles. The molecule has 0 unspecified atom stereocenters. The third-order valence-corrected chi connectivity index (χ3v) is 3.56. The van der Waals surface area contributed by atoms with Crippen molar-refractivity contribution in [3.63, 3.8) is 0 Å². The number of benzene rings is 2. The fraction of sp³-hybridized carbons (Fsp3) is 0.235. The van der Waals surface area contributed by atoms with Gasteiger partial charge in [0.15, 0.2) is 0 Å². The molecule has 2 aromatic rings. The fourth-order valence-corrected chi connectivity index (χ4v) is 2.28. The van der Waals surface area contributed by atoms with Crippen LogP contribution in [0.5, 0.6) is 5.75 Å². The minimum Gasteiger partial charge on any atom is -0.496 e. The summed E-state index contributed by atoms with van der Waals surface area (Å²) in [5, 5.41) is 0.654. The van der Waals surface area contributed by atoms with Crippen molar-refractivity contribution in [2.45, 2.75) is 13.2 Å². The van der Waals surface area contributed by atoms with Crippen LogP contribution in [0.4, 0.5) is 0 Å². The van der Waals surface area contributed by atoms with Gasteiger partial charge in [0.1, 0.15) is 11.3 Å². The van der Waals surface area contributed by atoms with E-state index in [9.17, 15) is 4.79 Å². The Morgan fingerprint density at radius 2 is 1.68 bits per heavy atom. The number of methoxy groups -OCH3 is 2. The lowest BCUT2D eigenvalue weighted by Crippen LogP contribution is -2.09. The first-order valence-electron chi connectivity index (χ1n) is 6.72. The molecule has 0 saturated carbocycles. The monoisotopic (exact) mass is 320 g/mol. The van der Waals surface area contributed by atoms with E-state index in [1.807, 2.05) is 24.3 Å². The third kappa shape index (κ3) is 3.78. The van der Waals surface area contributed by atoms with E-state index in [0.29, 0.717) is 28.5 Å². The van der Waals surface area contributed by atoms with Crippen molar-refractivity contribution >= 4 is 17.6 Å². The van der Waals surface area contributed by atoms with Gasteiger partial charge in [-0.3, -0.25) is 0 Å². The molecule has 0 radical (unpaired) electrons. The van der Waals surface area contributed by atoms with E-state index in [0.717, 1.165) is 5.56 Å². The molecule has 116 valence electrons. The van der Waals surface area contributed by atoms with E-state index < -0.39 is 5.97 Å². The van der Waals surface area contributed by atoms with E-state index in [2.05, 4.69) is 0 Å². The normalized spacial score (nSPS) is 10.3. The average molecular weight is 321 g/mol. The fourth-order valence-electron chi connectivity index (χ4n) is 2.09. The summed E-state index contributed by atoms with van der Waals surface area (Å²) >= 11 is 6.08. The summed E-state index contributed by atoms with van der Waals surface area (Å²) in [4.78, 5) is 11.9. The van der Waals surface area contributed by atoms with Crippen molar-refractivity contribution in [2.75, 3.05) is 14.2 Å². The van der Waals surface area contributed by atoms with Crippen LogP contribution < -0.4 is 4.74 Å². The van der Waals surface area contributed by atoms with Crippen LogP contribution in [0.1, 0.15) is 21.5 Å². The number of carbonyl (C=O) groups is 1. The van der Waals surface area contributed by atoms with Crippen molar-refractivity contribution in [3.8, 4) is 5.75 Å². The van der Waals surface area contributed by atoms with Crippen LogP contribution >= 0.6 is 11.6 Å². The zero-order valence-corrected chi connectivity index (χ0v) is 13.2. The SMILES string of the molecule is COC(=O)c1c(COCc2ccccc2Cl)cccc1OC. The van der Waals surface area contributed by atoms with Crippen LogP contribution in [0.2, 0.25) is 5.02 Å². The number of rotatable bonds is 6. The average Bonchev–Trinajstić information content (AvgIpc) is 2.55. The molecule has 0 saturated heterocycles. The van der Waals surface area contributed by atoms with Gasteiger partial charge in [0, 0.05) is 5.02 Å². The second kappa shape index (κ2) is 7.82. The van der Waals surface area contributed by atoms with Crippen LogP contribution in [0.25, 0.3) is 0 Å². The van der Waals surface area contributed by atoms with Gasteiger partial charge in [0.05, 0.1) is 27.4 Å². The van der Waals surface area contributed by atoms with Gasteiger partial charge < -0.3 is 14.2 Å². The lowest BCUT2D eigenvalue weighted by molar-refractivity contribution is 0.0586. The maximum Gasteiger partial charge on any atom is 0.342 e. The Hall–Kier alpha value is -2.04. The minimum absolute atomic E-state index is 0.257. The van der Waals surface area contributed by atoms with Gasteiger partial charge in [-0.1, -0.05) is 41.9 Å². The van der Waals surface area contributed by atoms with Crippen molar-refractivity contribution in [2.24, 2.45) is 0 Å². The smallest absolute Gasteiger partial charge is 0.342 e. The summed E-state index contributed by atoms with van der Waals surface area (Å²) < 4.78 is 15.7. The summed E-state index contributed by atoms with van der Waals surface area (Å²) in [6.45, 7) is 0.615. The van der Waals surface area contributed by atoms with Gasteiger partial charge in [-0.05, 0) is 23.3 Å². The Morgan fingerprint density at radius 1 is 1.00 bits per heavy atom. The molecule has 4 nitrogen and oxygen atoms in total. The molecule has 0 amide bonds. The van der Waals surface area contributed by atoms with Gasteiger partial charge in [-0.2, -0.15) is 0 Å². The van der Waals surface area contributed by atoms with Crippen LogP contribution in [-0.2, 0) is 22.7 Å². The molecule has 22 heavy (non-hydrogen) atoms. The van der Waals surface area contributed by atoms with Crippen molar-refractivity contribution in [3.05, 3.63) is 64.2 Å². The Labute approximate surface area is 134 Å². The van der Waals surface area contributed by atoms with Crippen LogP contribution in [0.15, 0.2) is 42.5 Å². The molecule has 0 aliphatic heterocycles. The number of halogens is 1. The van der Waals surface area contributed by atoms with Crippen molar-refractivity contribution in [1.82, 2.24) is 0 Å². The number of carbonyl (C=O) groups excluding carboxylic acids is 1. The second-order valence-electron chi connectivity index (χ2n) is 4.57. The molecule has 2 rings (SSSR count). The zero-order chi connectivity index (χ0) is 15.9. The molecule has 0 bridgehead atoms. The predicted octanol–water partition coefficient (Wildman–Crippen LogP) is 3.85. The molecule has 0 spiro atoms. The van der Waals surface area contributed by atoms with Crippen LogP contribution in [0.3, 0.4) is 0 Å². The van der Waals surface area contributed by atoms with Gasteiger partial charge in [0.2, 0.25) is 0 Å². The Morgan fingerprint density at radius 3 is 2.36 bits per heavy atom. The van der Waals surface area contributed by atoms with Crippen LogP contribution in [-0.4, -0.2) is 20.2 Å². The number of ether oxygens (including phenoxy) is 3. The molecular weight excluding hydrogens is 304 g/mol. The predicted molar refractivity (Wildman–Crippen MR) is 84.3 cm³/mol. The summed E-state index contributed by atoms with van der Waals surface area (Å²) in [7, 11) is 2.85. The summed E-state index contributed by atoms with van der Waals surface area (Å²) in [5.74, 6) is 0.0134. The Balaban J connectivity index is 2.13. The summed E-state index contributed by atoms with van der Waals surface area (Å²) in [6, 6.07) is 12.8. The molecule has 0 fully saturated rings. The first-order valence-corrected chi connectivity index (χ1v) is 7.10. The van der Waals surface area contributed by atoms with Gasteiger partial charge in [-0.15, -0.1) is 0 Å². The highest BCUT2D eigenvalue weighted by molar-refractivity contribution is 6.31. The lowest BCUT2D eigenvalue weighted by atomic mass is 10.1. The first kappa shape index (κ1) is 16.3. The van der Waals surface area contributed by atoms with Crippen molar-refractivity contribution in [1.29, 1.82) is 0 Å². The molecular formula is C17H17ClO4. The van der Waals surface area contributed by atoms with E-state index in [1.165, 1.54) is 14.2 Å². The second-order valence-corrected chi connectivity index (χ2v) is 4.98. The number of hydrogen-bond acceptors (Lipinski definition) is 4. The third-order valence-electron chi connectivity index (χ3n) is 3.19. The summed E-state index contributed by atoms with van der Waals surface area (Å²) in [6.07, 6.45) is 0. The van der Waals surface area contributed by atoms with Crippen LogP contribution in [0, 0.1) is 0 Å². The topological polar surface area (TPSA) is 44.8 Å². The van der Waals surface area contributed by atoms with Crippen molar-refractivity contribution < 1.29 is 19.0 Å². The first-order chi connectivity index (χ1) is 10.7. The van der Waals surface area contributed by atoms with E-state index >= 15 is 0 Å². The molecule has 0 atom stereocenters. The minimum atomic E-state index is -0.450. The van der Waals surface area contributed by atoms with E-state index in [1.54, 1.807) is 18.2 Å². The van der Waals surface area contributed by atoms with E-state index in [4.69, 9.17) is 25.8 Å². The molecule has 5 heteroatoms. The maximum absolute atomic E-state index is 11.9. The molecule has 0 N–H and O–H groups in total. The standard InChI is InChI=1S/C17H17ClO4/c1-20-15-9-5-7-13(16(15)17(19)21-2)11-22-10-12-6-3-4-8-14(12)18/h3-9H,10-11H2,1-2H3. The van der Waals surface area contributed by atoms with Gasteiger partial charge in [-0.25, -0.2) is 4.79 Å². The summed E-state index contributed by atoms with van der Waals surface area (Å²) in [5.41, 5.74) is 1.98. The van der Waals surface area contributed by atoms with Gasteiger partial charge in [0.25, 0.3) is 0 Å². The Kier molecular flexibility index (Phi) is 5.81. The highest BCUT2D eigenvalue weighted by Crippen LogP contribution is 2.24. The largest absolute Gasteiger partial charge is 0.496 e. The maximum atomic E-state index is 11.9. The molecule has 2 aromatic carbocycles. The highest BCUT2D eigenvalue weighted by Gasteiger charge is 2.17. The highest BCUT2D eigenvalue weighted by atomic mass is 35.5. The lowest BCUT2D eigenvalue weighted by Gasteiger charge is -2.12. The van der Waals surface area contributed by atoms with E-state index in [-0.39, 0.29) is 6.61 Å². The Bertz CT molecular complexity index is 655. The quantitative estimate of drug-likeness (QED) is 0.758. The van der Waals surface area contributed by atoms with Gasteiger partial charge >= 0.3 is 5.97 Å². The number of esters is 1. The molecule has 0 aliphatic carbocycles. The zero-order valence-electron chi connectivity index (χ0n) is 12.5. The number of hydrogen-bond donors (Lipinski definition) is 0. The molecule has 0 aromatic heterocycles. The molecule has 0 aliphatic rings.